The van der Waals surface area contributed by atoms with Gasteiger partial charge in [-0.05, 0) is 35.7 Å². The van der Waals surface area contributed by atoms with E-state index in [0.717, 1.165) is 11.5 Å². The number of nitrogens with one attached hydrogen (secondary N) is 1. The normalized spacial score (nSPS) is 10.2. The number of benzene rings is 1. The number of nitrogens with zero attached hydrogens (tertiary/aromatic N) is 1. The lowest BCUT2D eigenvalue weighted by molar-refractivity contribution is -0.130. The van der Waals surface area contributed by atoms with Crippen LogP contribution in [-0.2, 0) is 4.79 Å². The van der Waals surface area contributed by atoms with Gasteiger partial charge in [-0.2, -0.15) is 11.3 Å². The predicted molar refractivity (Wildman–Crippen MR) is 97.4 cm³/mol. The predicted octanol–water partition coefficient (Wildman–Crippen LogP) is 2.41. The van der Waals surface area contributed by atoms with Crippen molar-refractivity contribution in [1.29, 1.82) is 0 Å². The van der Waals surface area contributed by atoms with E-state index in [1.807, 2.05) is 29.6 Å². The molecule has 0 spiro atoms. The number of carbonyl (C=O) groups is 2. The maximum absolute atomic E-state index is 12.0. The largest absolute Gasteiger partial charge is 0.497 e. The van der Waals surface area contributed by atoms with Crippen LogP contribution in [-0.4, -0.2) is 50.6 Å². The number of ether oxygens (including phenoxy) is 2. The summed E-state index contributed by atoms with van der Waals surface area (Å²) in [7, 11) is 3.33. The van der Waals surface area contributed by atoms with Crippen LogP contribution in [0.25, 0.3) is 0 Å². The van der Waals surface area contributed by atoms with Crippen molar-refractivity contribution in [3.8, 4) is 11.5 Å². The van der Waals surface area contributed by atoms with Crippen LogP contribution in [0.3, 0.4) is 0 Å². The van der Waals surface area contributed by atoms with E-state index in [4.69, 9.17) is 9.47 Å². The molecule has 0 fully saturated rings. The van der Waals surface area contributed by atoms with Crippen LogP contribution in [0, 0.1) is 0 Å². The van der Waals surface area contributed by atoms with E-state index in [1.54, 1.807) is 30.5 Å². The highest BCUT2D eigenvalue weighted by molar-refractivity contribution is 7.08. The topological polar surface area (TPSA) is 67.9 Å². The molecule has 134 valence electrons. The molecule has 0 saturated heterocycles. The number of thiophene rings is 1. The Labute approximate surface area is 151 Å². The molecule has 2 aromatic rings. The van der Waals surface area contributed by atoms with Crippen molar-refractivity contribution in [1.82, 2.24) is 10.2 Å². The van der Waals surface area contributed by atoms with Crippen LogP contribution in [0.5, 0.6) is 11.5 Å². The Morgan fingerprint density at radius 2 is 1.88 bits per heavy atom. The van der Waals surface area contributed by atoms with Crippen molar-refractivity contribution >= 4 is 23.2 Å². The number of hydrogen-bond donors (Lipinski definition) is 1. The van der Waals surface area contributed by atoms with E-state index in [-0.39, 0.29) is 18.2 Å². The smallest absolute Gasteiger partial charge is 0.252 e. The third-order valence-corrected chi connectivity index (χ3v) is 4.27. The van der Waals surface area contributed by atoms with E-state index in [2.05, 4.69) is 5.32 Å². The van der Waals surface area contributed by atoms with Crippen LogP contribution in [0.2, 0.25) is 0 Å². The van der Waals surface area contributed by atoms with Gasteiger partial charge in [-0.25, -0.2) is 0 Å². The van der Waals surface area contributed by atoms with Crippen LogP contribution >= 0.6 is 11.3 Å². The molecule has 0 bridgehead atoms. The molecule has 1 aromatic heterocycles. The average Bonchev–Trinajstić information content (AvgIpc) is 3.16. The fraction of sp³-hybridized carbons (Fsp3) is 0.333. The molecule has 1 heterocycles. The van der Waals surface area contributed by atoms with Gasteiger partial charge in [0.25, 0.3) is 5.91 Å². The number of amides is 2. The minimum absolute atomic E-state index is 0.0380. The zero-order valence-electron chi connectivity index (χ0n) is 14.4. The highest BCUT2D eigenvalue weighted by Gasteiger charge is 2.10. The Hall–Kier alpha value is -2.54. The Balaban J connectivity index is 1.63. The molecule has 0 atom stereocenters. The average molecular weight is 362 g/mol. The van der Waals surface area contributed by atoms with Crippen molar-refractivity contribution in [2.24, 2.45) is 0 Å². The quantitative estimate of drug-likeness (QED) is 0.744. The van der Waals surface area contributed by atoms with Gasteiger partial charge in [-0.3, -0.25) is 9.59 Å². The Morgan fingerprint density at radius 3 is 2.52 bits per heavy atom. The number of carbonyl (C=O) groups excluding carboxylic acids is 2. The molecule has 7 heteroatoms. The number of hydrogen-bond acceptors (Lipinski definition) is 5. The van der Waals surface area contributed by atoms with Gasteiger partial charge in [-0.1, -0.05) is 0 Å². The summed E-state index contributed by atoms with van der Waals surface area (Å²) in [6.45, 7) is 1.19. The van der Waals surface area contributed by atoms with Crippen molar-refractivity contribution in [3.63, 3.8) is 0 Å². The Bertz CT molecular complexity index is 671. The fourth-order valence-electron chi connectivity index (χ4n) is 2.07. The van der Waals surface area contributed by atoms with Crippen LogP contribution in [0.1, 0.15) is 16.8 Å². The van der Waals surface area contributed by atoms with Gasteiger partial charge in [0, 0.05) is 31.0 Å². The summed E-state index contributed by atoms with van der Waals surface area (Å²) in [5, 5.41) is 6.36. The van der Waals surface area contributed by atoms with E-state index in [9.17, 15) is 9.59 Å². The van der Waals surface area contributed by atoms with E-state index in [1.165, 1.54) is 11.3 Å². The first kappa shape index (κ1) is 18.8. The molecular weight excluding hydrogens is 340 g/mol. The van der Waals surface area contributed by atoms with Gasteiger partial charge in [0.05, 0.1) is 13.7 Å². The molecule has 1 aromatic carbocycles. The van der Waals surface area contributed by atoms with Gasteiger partial charge in [-0.15, -0.1) is 0 Å². The molecule has 0 aliphatic heterocycles. The van der Waals surface area contributed by atoms with Gasteiger partial charge in [0.1, 0.15) is 18.1 Å². The second kappa shape index (κ2) is 9.68. The first-order valence-corrected chi connectivity index (χ1v) is 8.85. The minimum Gasteiger partial charge on any atom is -0.497 e. The monoisotopic (exact) mass is 362 g/mol. The third-order valence-electron chi connectivity index (χ3n) is 3.59. The molecule has 0 aliphatic carbocycles. The van der Waals surface area contributed by atoms with Gasteiger partial charge in [0.15, 0.2) is 0 Å². The fourth-order valence-corrected chi connectivity index (χ4v) is 2.70. The summed E-state index contributed by atoms with van der Waals surface area (Å²) >= 11 is 1.46. The SMILES string of the molecule is COc1ccc(OCCN(C)C(=O)CCNC(=O)c2ccsc2)cc1. The number of likely N-dealkylation sites (N-methyl/N-ethyl adjacent to an activating group) is 1. The highest BCUT2D eigenvalue weighted by atomic mass is 32.1. The summed E-state index contributed by atoms with van der Waals surface area (Å²) < 4.78 is 10.7. The van der Waals surface area contributed by atoms with Crippen molar-refractivity contribution < 1.29 is 19.1 Å². The van der Waals surface area contributed by atoms with Crippen molar-refractivity contribution in [2.45, 2.75) is 6.42 Å². The van der Waals surface area contributed by atoms with E-state index < -0.39 is 0 Å². The zero-order chi connectivity index (χ0) is 18.1. The number of rotatable bonds is 9. The van der Waals surface area contributed by atoms with Gasteiger partial charge >= 0.3 is 0 Å². The third kappa shape index (κ3) is 6.11. The molecule has 6 nitrogen and oxygen atoms in total. The van der Waals surface area contributed by atoms with Crippen LogP contribution < -0.4 is 14.8 Å². The zero-order valence-corrected chi connectivity index (χ0v) is 15.2. The molecule has 0 saturated carbocycles. The van der Waals surface area contributed by atoms with Crippen LogP contribution in [0.4, 0.5) is 0 Å². The summed E-state index contributed by atoms with van der Waals surface area (Å²) in [4.78, 5) is 25.4. The molecule has 0 radical (unpaired) electrons. The molecule has 25 heavy (non-hydrogen) atoms. The van der Waals surface area contributed by atoms with Gasteiger partial charge < -0.3 is 19.7 Å². The summed E-state index contributed by atoms with van der Waals surface area (Å²) in [6, 6.07) is 9.03. The molecule has 2 amide bonds. The standard InChI is InChI=1S/C18H22N2O4S/c1-20(10-11-24-16-5-3-15(23-2)4-6-16)17(21)7-9-19-18(22)14-8-12-25-13-14/h3-6,8,12-13H,7,9-11H2,1-2H3,(H,19,22). The van der Waals surface area contributed by atoms with Crippen molar-refractivity contribution in [3.05, 3.63) is 46.7 Å². The van der Waals surface area contributed by atoms with E-state index in [0.29, 0.717) is 25.3 Å². The molecule has 0 unspecified atom stereocenters. The molecule has 0 aliphatic rings. The molecule has 1 N–H and O–H groups in total. The number of methoxy groups -OCH3 is 1. The van der Waals surface area contributed by atoms with E-state index >= 15 is 0 Å². The lowest BCUT2D eigenvalue weighted by atomic mass is 10.3. The lowest BCUT2D eigenvalue weighted by Gasteiger charge is -2.17. The second-order valence-electron chi connectivity index (χ2n) is 5.36. The summed E-state index contributed by atoms with van der Waals surface area (Å²) in [5.41, 5.74) is 0.624. The Morgan fingerprint density at radius 1 is 1.16 bits per heavy atom. The first-order valence-electron chi connectivity index (χ1n) is 7.91. The summed E-state index contributed by atoms with van der Waals surface area (Å²) in [6.07, 6.45) is 0.259. The van der Waals surface area contributed by atoms with Gasteiger partial charge in [0.2, 0.25) is 5.91 Å². The maximum Gasteiger partial charge on any atom is 0.252 e. The Kier molecular flexibility index (Phi) is 7.28. The lowest BCUT2D eigenvalue weighted by Crippen LogP contribution is -2.34. The maximum atomic E-state index is 12.0. The molecular formula is C18H22N2O4S. The second-order valence-corrected chi connectivity index (χ2v) is 6.14. The van der Waals surface area contributed by atoms with Crippen molar-refractivity contribution in [2.75, 3.05) is 33.9 Å². The summed E-state index contributed by atoms with van der Waals surface area (Å²) in [5.74, 6) is 1.30. The first-order chi connectivity index (χ1) is 12.1. The molecule has 2 rings (SSSR count). The minimum atomic E-state index is -0.153. The van der Waals surface area contributed by atoms with Crippen LogP contribution in [0.15, 0.2) is 41.1 Å². The highest BCUT2D eigenvalue weighted by Crippen LogP contribution is 2.16.